The molecule has 1 N–H and O–H groups in total. The van der Waals surface area contributed by atoms with Crippen LogP contribution in [0.1, 0.15) is 17.7 Å². The number of nitrogens with zero attached hydrogens (tertiary/aromatic N) is 5. The van der Waals surface area contributed by atoms with Gasteiger partial charge < -0.3 is 9.67 Å². The summed E-state index contributed by atoms with van der Waals surface area (Å²) in [7, 11) is 0. The van der Waals surface area contributed by atoms with Gasteiger partial charge in [0.05, 0.1) is 10.4 Å². The fourth-order valence-corrected chi connectivity index (χ4v) is 3.71. The van der Waals surface area contributed by atoms with Crippen molar-refractivity contribution in [3.63, 3.8) is 0 Å². The van der Waals surface area contributed by atoms with E-state index in [-0.39, 0.29) is 6.61 Å². The van der Waals surface area contributed by atoms with Gasteiger partial charge >= 0.3 is 0 Å². The Labute approximate surface area is 160 Å². The molecular formula is C18H17Cl2N5O. The van der Waals surface area contributed by atoms with Gasteiger partial charge in [-0.25, -0.2) is 14.5 Å². The Morgan fingerprint density at radius 2 is 1.96 bits per heavy atom. The number of aromatic nitrogens is 5. The van der Waals surface area contributed by atoms with E-state index in [9.17, 15) is 0 Å². The van der Waals surface area contributed by atoms with Crippen molar-refractivity contribution in [2.24, 2.45) is 0 Å². The third-order valence-corrected chi connectivity index (χ3v) is 5.21. The molecule has 6 nitrogen and oxygen atoms in total. The summed E-state index contributed by atoms with van der Waals surface area (Å²) < 4.78 is 3.79. The first-order chi connectivity index (χ1) is 12.5. The van der Waals surface area contributed by atoms with Crippen LogP contribution in [0.15, 0.2) is 24.5 Å². The molecule has 3 heterocycles. The van der Waals surface area contributed by atoms with Crippen molar-refractivity contribution in [2.45, 2.75) is 26.8 Å². The highest BCUT2D eigenvalue weighted by molar-refractivity contribution is 6.36. The Bertz CT molecular complexity index is 1130. The van der Waals surface area contributed by atoms with Crippen molar-refractivity contribution in [3.05, 3.63) is 45.8 Å². The van der Waals surface area contributed by atoms with Crippen LogP contribution >= 0.6 is 23.2 Å². The average molecular weight is 390 g/mol. The van der Waals surface area contributed by atoms with E-state index in [2.05, 4.69) is 28.5 Å². The molecule has 0 radical (unpaired) electrons. The Hall–Kier alpha value is -2.15. The molecule has 0 unspecified atom stereocenters. The predicted molar refractivity (Wildman–Crippen MR) is 103 cm³/mol. The molecule has 0 aliphatic rings. The lowest BCUT2D eigenvalue weighted by molar-refractivity contribution is 0.280. The zero-order chi connectivity index (χ0) is 18.4. The number of halogens is 2. The van der Waals surface area contributed by atoms with Crippen molar-refractivity contribution in [1.29, 1.82) is 0 Å². The molecular weight excluding hydrogens is 373 g/mol. The summed E-state index contributed by atoms with van der Waals surface area (Å²) in [5.74, 6) is 0.529. The second-order valence-corrected chi connectivity index (χ2v) is 7.05. The summed E-state index contributed by atoms with van der Waals surface area (Å²) in [4.78, 5) is 9.29. The van der Waals surface area contributed by atoms with Gasteiger partial charge in [-0.15, -0.1) is 5.10 Å². The van der Waals surface area contributed by atoms with E-state index in [4.69, 9.17) is 33.3 Å². The predicted octanol–water partition coefficient (Wildman–Crippen LogP) is 4.05. The van der Waals surface area contributed by atoms with E-state index in [0.29, 0.717) is 28.8 Å². The van der Waals surface area contributed by atoms with Gasteiger partial charge in [-0.1, -0.05) is 23.2 Å². The van der Waals surface area contributed by atoms with Crippen LogP contribution in [-0.4, -0.2) is 35.9 Å². The van der Waals surface area contributed by atoms with Crippen LogP contribution in [0, 0.1) is 13.8 Å². The maximum absolute atomic E-state index is 9.16. The van der Waals surface area contributed by atoms with E-state index >= 15 is 0 Å². The summed E-state index contributed by atoms with van der Waals surface area (Å²) in [5.41, 5.74) is 4.53. The van der Waals surface area contributed by atoms with Crippen LogP contribution < -0.4 is 0 Å². The lowest BCUT2D eigenvalue weighted by Gasteiger charge is -2.05. The second-order valence-electron chi connectivity index (χ2n) is 6.21. The normalized spacial score (nSPS) is 11.7. The first-order valence-electron chi connectivity index (χ1n) is 8.28. The fraction of sp³-hybridized carbons (Fsp3) is 0.278. The van der Waals surface area contributed by atoms with Crippen LogP contribution in [0.5, 0.6) is 0 Å². The van der Waals surface area contributed by atoms with Gasteiger partial charge in [-0.05, 0) is 44.0 Å². The van der Waals surface area contributed by atoms with E-state index in [1.165, 1.54) is 0 Å². The van der Waals surface area contributed by atoms with Gasteiger partial charge in [0.15, 0.2) is 11.5 Å². The molecule has 0 aliphatic carbocycles. The molecule has 0 aliphatic heterocycles. The number of aliphatic hydroxyl groups excluding tert-OH is 1. The standard InChI is InChI=1S/C18H17Cl2N5O/c1-10-11(2)24(6-3-7-26)17-15(10)18-22-16(23-25(18)9-21-17)13-5-4-12(19)8-14(13)20/h4-5,8-9,26H,3,6-7H2,1-2H3. The molecule has 0 spiro atoms. The van der Waals surface area contributed by atoms with Crippen molar-refractivity contribution in [1.82, 2.24) is 24.1 Å². The zero-order valence-corrected chi connectivity index (χ0v) is 15.9. The van der Waals surface area contributed by atoms with E-state index in [1.54, 1.807) is 23.0 Å². The third-order valence-electron chi connectivity index (χ3n) is 4.66. The zero-order valence-electron chi connectivity index (χ0n) is 14.4. The van der Waals surface area contributed by atoms with Crippen LogP contribution in [0.4, 0.5) is 0 Å². The van der Waals surface area contributed by atoms with Gasteiger partial charge in [-0.3, -0.25) is 0 Å². The van der Waals surface area contributed by atoms with Crippen molar-refractivity contribution in [3.8, 4) is 11.4 Å². The topological polar surface area (TPSA) is 68.2 Å². The molecule has 0 fully saturated rings. The quantitative estimate of drug-likeness (QED) is 0.571. The van der Waals surface area contributed by atoms with Crippen LogP contribution in [0.25, 0.3) is 28.1 Å². The van der Waals surface area contributed by atoms with Gasteiger partial charge in [-0.2, -0.15) is 0 Å². The molecule has 0 saturated carbocycles. The van der Waals surface area contributed by atoms with Crippen LogP contribution in [-0.2, 0) is 6.54 Å². The highest BCUT2D eigenvalue weighted by Gasteiger charge is 2.19. The number of aliphatic hydroxyl groups is 1. The highest BCUT2D eigenvalue weighted by Crippen LogP contribution is 2.31. The number of rotatable bonds is 4. The Balaban J connectivity index is 1.95. The monoisotopic (exact) mass is 389 g/mol. The number of benzene rings is 1. The summed E-state index contributed by atoms with van der Waals surface area (Å²) in [5, 5.41) is 15.7. The van der Waals surface area contributed by atoms with E-state index in [0.717, 1.165) is 33.5 Å². The van der Waals surface area contributed by atoms with Crippen LogP contribution in [0.3, 0.4) is 0 Å². The van der Waals surface area contributed by atoms with Crippen molar-refractivity contribution >= 4 is 39.9 Å². The molecule has 4 aromatic rings. The van der Waals surface area contributed by atoms with E-state index < -0.39 is 0 Å². The highest BCUT2D eigenvalue weighted by atomic mass is 35.5. The average Bonchev–Trinajstić information content (AvgIpc) is 3.13. The number of hydrogen-bond acceptors (Lipinski definition) is 4. The Morgan fingerprint density at radius 1 is 1.15 bits per heavy atom. The molecule has 3 aromatic heterocycles. The van der Waals surface area contributed by atoms with Crippen LogP contribution in [0.2, 0.25) is 10.0 Å². The summed E-state index contributed by atoms with van der Waals surface area (Å²) in [6, 6.07) is 5.26. The first kappa shape index (κ1) is 17.3. The minimum Gasteiger partial charge on any atom is -0.396 e. The lowest BCUT2D eigenvalue weighted by Crippen LogP contribution is -2.03. The fourth-order valence-electron chi connectivity index (χ4n) is 3.22. The smallest absolute Gasteiger partial charge is 0.183 e. The number of hydrogen-bond donors (Lipinski definition) is 1. The summed E-state index contributed by atoms with van der Waals surface area (Å²) in [6.07, 6.45) is 2.33. The lowest BCUT2D eigenvalue weighted by atomic mass is 10.2. The van der Waals surface area contributed by atoms with Crippen molar-refractivity contribution < 1.29 is 5.11 Å². The van der Waals surface area contributed by atoms with Gasteiger partial charge in [0.1, 0.15) is 12.0 Å². The molecule has 8 heteroatoms. The molecule has 26 heavy (non-hydrogen) atoms. The van der Waals surface area contributed by atoms with Gasteiger partial charge in [0.25, 0.3) is 0 Å². The second kappa shape index (κ2) is 6.54. The molecule has 1 aromatic carbocycles. The van der Waals surface area contributed by atoms with Gasteiger partial charge in [0, 0.05) is 29.4 Å². The molecule has 0 bridgehead atoms. The van der Waals surface area contributed by atoms with Gasteiger partial charge in [0.2, 0.25) is 0 Å². The molecule has 0 saturated heterocycles. The number of fused-ring (bicyclic) bond motifs is 3. The van der Waals surface area contributed by atoms with E-state index in [1.807, 2.05) is 6.07 Å². The third kappa shape index (κ3) is 2.65. The van der Waals surface area contributed by atoms with Crippen molar-refractivity contribution in [2.75, 3.05) is 6.61 Å². The maximum atomic E-state index is 9.16. The maximum Gasteiger partial charge on any atom is 0.183 e. The largest absolute Gasteiger partial charge is 0.396 e. The Kier molecular flexibility index (Phi) is 4.34. The molecule has 0 atom stereocenters. The first-order valence-corrected chi connectivity index (χ1v) is 9.04. The number of aryl methyl sites for hydroxylation is 2. The SMILES string of the molecule is Cc1c(C)n(CCCO)c2ncn3nc(-c4ccc(Cl)cc4Cl)nc3c12. The summed E-state index contributed by atoms with van der Waals surface area (Å²) in [6.45, 7) is 4.96. The molecule has 134 valence electrons. The molecule has 0 amide bonds. The minimum atomic E-state index is 0.143. The Morgan fingerprint density at radius 3 is 2.69 bits per heavy atom. The molecule has 4 rings (SSSR count). The minimum absolute atomic E-state index is 0.143. The summed E-state index contributed by atoms with van der Waals surface area (Å²) >= 11 is 12.3.